The summed E-state index contributed by atoms with van der Waals surface area (Å²) in [6.45, 7) is 3.56. The number of thioether (sulfide) groups is 1. The summed E-state index contributed by atoms with van der Waals surface area (Å²) >= 11 is 1.66. The van der Waals surface area contributed by atoms with E-state index in [1.165, 1.54) is 0 Å². The molecule has 2 amide bonds. The van der Waals surface area contributed by atoms with E-state index in [4.69, 9.17) is 9.72 Å². The lowest BCUT2D eigenvalue weighted by atomic mass is 10.0. The summed E-state index contributed by atoms with van der Waals surface area (Å²) in [5, 5.41) is 6.73. The van der Waals surface area contributed by atoms with Crippen LogP contribution in [0.4, 0.5) is 10.5 Å². The third-order valence-electron chi connectivity index (χ3n) is 5.42. The van der Waals surface area contributed by atoms with Gasteiger partial charge in [-0.25, -0.2) is 9.78 Å². The molecule has 3 aromatic carbocycles. The molecule has 0 aliphatic carbocycles. The first kappa shape index (κ1) is 24.4. The van der Waals surface area contributed by atoms with Gasteiger partial charge < -0.3 is 19.9 Å². The first-order chi connectivity index (χ1) is 17.2. The molecule has 4 aromatic rings. The van der Waals surface area contributed by atoms with Crippen molar-refractivity contribution < 1.29 is 9.53 Å². The maximum atomic E-state index is 12.3. The second-order valence-electron chi connectivity index (χ2n) is 7.94. The third-order valence-corrected chi connectivity index (χ3v) is 6.40. The zero-order valence-electron chi connectivity index (χ0n) is 20.0. The molecule has 180 valence electrons. The summed E-state index contributed by atoms with van der Waals surface area (Å²) in [6.07, 6.45) is 0.999. The van der Waals surface area contributed by atoms with Crippen molar-refractivity contribution in [2.45, 2.75) is 25.0 Å². The molecule has 0 saturated heterocycles. The number of rotatable bonds is 10. The number of imidazole rings is 1. The summed E-state index contributed by atoms with van der Waals surface area (Å²) in [7, 11) is 1.60. The third kappa shape index (κ3) is 6.25. The topological polar surface area (TPSA) is 68.2 Å². The number of aromatic nitrogens is 2. The van der Waals surface area contributed by atoms with Crippen LogP contribution in [0.25, 0.3) is 22.5 Å². The predicted octanol–water partition coefficient (Wildman–Crippen LogP) is 6.55. The minimum atomic E-state index is -0.245. The molecule has 4 rings (SSSR count). The molecule has 1 aromatic heterocycles. The van der Waals surface area contributed by atoms with Crippen molar-refractivity contribution >= 4 is 23.5 Å². The van der Waals surface area contributed by atoms with Crippen LogP contribution in [0.15, 0.2) is 90.1 Å². The Morgan fingerprint density at radius 3 is 2.37 bits per heavy atom. The Morgan fingerprint density at radius 2 is 1.69 bits per heavy atom. The fraction of sp³-hybridized carbons (Fsp3) is 0.214. The van der Waals surface area contributed by atoms with Gasteiger partial charge in [0.25, 0.3) is 0 Å². The number of nitrogens with zero attached hydrogens (tertiary/aromatic N) is 2. The summed E-state index contributed by atoms with van der Waals surface area (Å²) in [4.78, 5) is 17.4. The molecule has 35 heavy (non-hydrogen) atoms. The second kappa shape index (κ2) is 12.1. The van der Waals surface area contributed by atoms with Gasteiger partial charge in [0.15, 0.2) is 5.16 Å². The molecule has 0 spiro atoms. The van der Waals surface area contributed by atoms with Crippen molar-refractivity contribution in [3.05, 3.63) is 84.9 Å². The molecule has 0 aliphatic heterocycles. The van der Waals surface area contributed by atoms with Gasteiger partial charge in [0, 0.05) is 41.7 Å². The highest BCUT2D eigenvalue weighted by atomic mass is 32.2. The van der Waals surface area contributed by atoms with Crippen LogP contribution in [0.5, 0.6) is 5.75 Å². The van der Waals surface area contributed by atoms with Gasteiger partial charge in [0.1, 0.15) is 5.75 Å². The number of ether oxygens (including phenoxy) is 1. The van der Waals surface area contributed by atoms with Crippen molar-refractivity contribution in [3.63, 3.8) is 0 Å². The molecule has 0 aliphatic rings. The lowest BCUT2D eigenvalue weighted by Crippen LogP contribution is -2.30. The molecular weight excluding hydrogens is 456 g/mol. The molecule has 0 bridgehead atoms. The first-order valence-electron chi connectivity index (χ1n) is 11.7. The van der Waals surface area contributed by atoms with Crippen LogP contribution in [0.3, 0.4) is 0 Å². The molecule has 0 saturated carbocycles. The molecule has 7 heteroatoms. The Kier molecular flexibility index (Phi) is 8.46. The minimum Gasteiger partial charge on any atom is -0.497 e. The number of amides is 2. The van der Waals surface area contributed by atoms with Gasteiger partial charge in [0.2, 0.25) is 0 Å². The zero-order chi connectivity index (χ0) is 24.5. The van der Waals surface area contributed by atoms with Gasteiger partial charge in [-0.1, -0.05) is 85.4 Å². The van der Waals surface area contributed by atoms with Gasteiger partial charge >= 0.3 is 6.03 Å². The number of hydrogen-bond acceptors (Lipinski definition) is 4. The lowest BCUT2D eigenvalue weighted by molar-refractivity contribution is 0.252. The molecule has 0 atom stereocenters. The number of hydrogen-bond donors (Lipinski definition) is 2. The number of anilines is 1. The number of methoxy groups -OCH3 is 1. The van der Waals surface area contributed by atoms with Gasteiger partial charge in [-0.05, 0) is 18.6 Å². The summed E-state index contributed by atoms with van der Waals surface area (Å²) in [5.74, 6) is 1.40. The standard InChI is InChI=1S/C28H30N4O2S/c1-3-18-32-26(22-13-8-5-9-14-22)25(21-11-6-4-7-12-21)31-28(32)35-19-17-29-27(33)30-23-15-10-16-24(20-23)34-2/h4-16,20H,3,17-19H2,1-2H3,(H2,29,30,33). The molecule has 0 unspecified atom stereocenters. The zero-order valence-corrected chi connectivity index (χ0v) is 20.8. The number of urea groups is 1. The average Bonchev–Trinajstić information content (AvgIpc) is 3.26. The quantitative estimate of drug-likeness (QED) is 0.197. The SMILES string of the molecule is CCCn1c(SCCNC(=O)Nc2cccc(OC)c2)nc(-c2ccccc2)c1-c1ccccc1. The predicted molar refractivity (Wildman–Crippen MR) is 144 cm³/mol. The molecule has 6 nitrogen and oxygen atoms in total. The number of nitrogens with one attached hydrogen (secondary N) is 2. The maximum absolute atomic E-state index is 12.3. The van der Waals surface area contributed by atoms with Crippen molar-refractivity contribution in [2.75, 3.05) is 24.7 Å². The Balaban J connectivity index is 1.48. The van der Waals surface area contributed by atoms with Crippen LogP contribution in [0, 0.1) is 0 Å². The van der Waals surface area contributed by atoms with E-state index in [0.717, 1.165) is 40.6 Å². The largest absolute Gasteiger partial charge is 0.497 e. The smallest absolute Gasteiger partial charge is 0.319 e. The van der Waals surface area contributed by atoms with Crippen LogP contribution < -0.4 is 15.4 Å². The van der Waals surface area contributed by atoms with Crippen LogP contribution >= 0.6 is 11.8 Å². The van der Waals surface area contributed by atoms with Gasteiger partial charge in [-0.15, -0.1) is 0 Å². The van der Waals surface area contributed by atoms with Crippen molar-refractivity contribution in [1.82, 2.24) is 14.9 Å². The Morgan fingerprint density at radius 1 is 0.971 bits per heavy atom. The monoisotopic (exact) mass is 486 g/mol. The fourth-order valence-corrected chi connectivity index (χ4v) is 4.72. The molecule has 2 N–H and O–H groups in total. The van der Waals surface area contributed by atoms with E-state index < -0.39 is 0 Å². The van der Waals surface area contributed by atoms with E-state index >= 15 is 0 Å². The average molecular weight is 487 g/mol. The highest BCUT2D eigenvalue weighted by Gasteiger charge is 2.19. The Hall–Kier alpha value is -3.71. The Labute approximate surface area is 210 Å². The molecule has 0 fully saturated rings. The van der Waals surface area contributed by atoms with E-state index in [2.05, 4.69) is 58.5 Å². The summed E-state index contributed by atoms with van der Waals surface area (Å²) in [6, 6.07) is 27.8. The number of carbonyl (C=O) groups excluding carboxylic acids is 1. The summed E-state index contributed by atoms with van der Waals surface area (Å²) in [5.41, 5.74) is 5.04. The highest BCUT2D eigenvalue weighted by molar-refractivity contribution is 7.99. The molecule has 0 radical (unpaired) electrons. The maximum Gasteiger partial charge on any atom is 0.319 e. The van der Waals surface area contributed by atoms with Crippen molar-refractivity contribution in [3.8, 4) is 28.3 Å². The number of carbonyl (C=O) groups is 1. The van der Waals surface area contributed by atoms with E-state index in [1.54, 1.807) is 24.9 Å². The lowest BCUT2D eigenvalue weighted by Gasteiger charge is -2.12. The van der Waals surface area contributed by atoms with E-state index in [9.17, 15) is 4.79 Å². The van der Waals surface area contributed by atoms with E-state index in [1.807, 2.05) is 42.5 Å². The van der Waals surface area contributed by atoms with Gasteiger partial charge in [0.05, 0.1) is 18.5 Å². The van der Waals surface area contributed by atoms with Crippen LogP contribution in [0.2, 0.25) is 0 Å². The van der Waals surface area contributed by atoms with Gasteiger partial charge in [-0.2, -0.15) is 0 Å². The van der Waals surface area contributed by atoms with E-state index in [0.29, 0.717) is 23.7 Å². The van der Waals surface area contributed by atoms with Crippen molar-refractivity contribution in [1.29, 1.82) is 0 Å². The first-order valence-corrected chi connectivity index (χ1v) is 12.7. The second-order valence-corrected chi connectivity index (χ2v) is 9.00. The minimum absolute atomic E-state index is 0.245. The van der Waals surface area contributed by atoms with Crippen molar-refractivity contribution in [2.24, 2.45) is 0 Å². The normalized spacial score (nSPS) is 10.7. The van der Waals surface area contributed by atoms with Crippen LogP contribution in [-0.4, -0.2) is 35.0 Å². The summed E-state index contributed by atoms with van der Waals surface area (Å²) < 4.78 is 7.51. The number of benzene rings is 3. The van der Waals surface area contributed by atoms with Gasteiger partial charge in [-0.3, -0.25) is 0 Å². The Bertz CT molecular complexity index is 1240. The highest BCUT2D eigenvalue weighted by Crippen LogP contribution is 2.36. The molecule has 1 heterocycles. The van der Waals surface area contributed by atoms with E-state index in [-0.39, 0.29) is 6.03 Å². The van der Waals surface area contributed by atoms with Crippen LogP contribution in [-0.2, 0) is 6.54 Å². The van der Waals surface area contributed by atoms with Crippen LogP contribution in [0.1, 0.15) is 13.3 Å². The fourth-order valence-electron chi connectivity index (χ4n) is 3.84. The molecular formula is C28H30N4O2S.